The van der Waals surface area contributed by atoms with Gasteiger partial charge in [0.15, 0.2) is 0 Å². The van der Waals surface area contributed by atoms with Crippen LogP contribution in [-0.2, 0) is 10.2 Å². The van der Waals surface area contributed by atoms with E-state index in [0.717, 1.165) is 16.8 Å². The summed E-state index contributed by atoms with van der Waals surface area (Å²) in [6.07, 6.45) is 2.34. The molecule has 1 aliphatic heterocycles. The van der Waals surface area contributed by atoms with Crippen molar-refractivity contribution in [3.63, 3.8) is 0 Å². The molecular weight excluding hydrogens is 262 g/mol. The van der Waals surface area contributed by atoms with Gasteiger partial charge in [-0.15, -0.1) is 0 Å². The molecule has 3 heteroatoms. The molecule has 0 saturated carbocycles. The van der Waals surface area contributed by atoms with Crippen molar-refractivity contribution >= 4 is 17.2 Å². The van der Waals surface area contributed by atoms with Crippen molar-refractivity contribution in [2.24, 2.45) is 0 Å². The number of nitrogens with zero attached hydrogens (tertiary/aromatic N) is 1. The number of fused-ring (bicyclic) bond motifs is 1. The molecular formula is C18H25NO2. The average Bonchev–Trinajstić information content (AvgIpc) is 2.37. The van der Waals surface area contributed by atoms with E-state index >= 15 is 0 Å². The molecule has 3 nitrogen and oxygen atoms in total. The zero-order chi connectivity index (χ0) is 15.8. The molecule has 1 amide bonds. The zero-order valence-corrected chi connectivity index (χ0v) is 13.6. The number of anilines is 1. The maximum atomic E-state index is 12.4. The van der Waals surface area contributed by atoms with Crippen LogP contribution in [0.2, 0.25) is 0 Å². The normalized spacial score (nSPS) is 18.1. The molecule has 1 aromatic carbocycles. The van der Waals surface area contributed by atoms with Gasteiger partial charge in [-0.1, -0.05) is 26.0 Å². The third-order valence-electron chi connectivity index (χ3n) is 4.22. The topological polar surface area (TPSA) is 40.5 Å². The second kappa shape index (κ2) is 5.64. The molecule has 0 bridgehead atoms. The molecule has 1 heterocycles. The Balaban J connectivity index is 2.59. The molecule has 0 unspecified atom stereocenters. The first-order valence-corrected chi connectivity index (χ1v) is 7.52. The van der Waals surface area contributed by atoms with E-state index < -0.39 is 0 Å². The van der Waals surface area contributed by atoms with Crippen LogP contribution in [0.1, 0.15) is 52.2 Å². The van der Waals surface area contributed by atoms with Crippen molar-refractivity contribution in [3.8, 4) is 0 Å². The van der Waals surface area contributed by atoms with Gasteiger partial charge in [-0.05, 0) is 49.6 Å². The largest absolute Gasteiger partial charge is 0.392 e. The molecule has 1 aromatic rings. The van der Waals surface area contributed by atoms with Gasteiger partial charge in [-0.2, -0.15) is 0 Å². The maximum Gasteiger partial charge on any atom is 0.228 e. The molecule has 0 atom stereocenters. The standard InChI is InChI=1S/C18H25NO2/c1-12(2)19-16-7-6-14(13(3)8-9-20)10-15(16)18(4,5)11-17(19)21/h6-8,10,12,20H,9,11H2,1-5H3. The lowest BCUT2D eigenvalue weighted by atomic mass is 9.76. The zero-order valence-electron chi connectivity index (χ0n) is 13.6. The number of carbonyl (C=O) groups is 1. The molecule has 0 aromatic heterocycles. The number of amides is 1. The third-order valence-corrected chi connectivity index (χ3v) is 4.22. The highest BCUT2D eigenvalue weighted by atomic mass is 16.2. The summed E-state index contributed by atoms with van der Waals surface area (Å²) < 4.78 is 0. The van der Waals surface area contributed by atoms with Crippen LogP contribution in [-0.4, -0.2) is 23.7 Å². The lowest BCUT2D eigenvalue weighted by Gasteiger charge is -2.41. The van der Waals surface area contributed by atoms with E-state index in [9.17, 15) is 4.79 Å². The van der Waals surface area contributed by atoms with Crippen LogP contribution in [0.25, 0.3) is 5.57 Å². The molecule has 0 radical (unpaired) electrons. The van der Waals surface area contributed by atoms with Crippen molar-refractivity contribution in [2.45, 2.75) is 52.5 Å². The summed E-state index contributed by atoms with van der Waals surface area (Å²) >= 11 is 0. The molecule has 2 rings (SSSR count). The Morgan fingerprint density at radius 1 is 1.43 bits per heavy atom. The number of aliphatic hydroxyl groups excluding tert-OH is 1. The maximum absolute atomic E-state index is 12.4. The Hall–Kier alpha value is -1.61. The third kappa shape index (κ3) is 2.88. The predicted molar refractivity (Wildman–Crippen MR) is 87.4 cm³/mol. The fourth-order valence-corrected chi connectivity index (χ4v) is 3.05. The molecule has 0 fully saturated rings. The first-order valence-electron chi connectivity index (χ1n) is 7.52. The molecule has 0 aliphatic carbocycles. The van der Waals surface area contributed by atoms with Crippen molar-refractivity contribution in [1.82, 2.24) is 0 Å². The summed E-state index contributed by atoms with van der Waals surface area (Å²) in [5.41, 5.74) is 4.23. The molecule has 1 N–H and O–H groups in total. The van der Waals surface area contributed by atoms with E-state index in [0.29, 0.717) is 6.42 Å². The highest BCUT2D eigenvalue weighted by Crippen LogP contribution is 2.42. The second-order valence-electron chi connectivity index (χ2n) is 6.72. The van der Waals surface area contributed by atoms with E-state index in [1.165, 1.54) is 5.56 Å². The molecule has 114 valence electrons. The van der Waals surface area contributed by atoms with Gasteiger partial charge >= 0.3 is 0 Å². The number of allylic oxidation sites excluding steroid dienone is 1. The summed E-state index contributed by atoms with van der Waals surface area (Å²) in [6, 6.07) is 6.40. The minimum absolute atomic E-state index is 0.0446. The molecule has 0 spiro atoms. The molecule has 0 saturated heterocycles. The van der Waals surface area contributed by atoms with Crippen molar-refractivity contribution < 1.29 is 9.90 Å². The summed E-state index contributed by atoms with van der Waals surface area (Å²) in [4.78, 5) is 14.3. The van der Waals surface area contributed by atoms with Gasteiger partial charge in [0, 0.05) is 23.6 Å². The van der Waals surface area contributed by atoms with Gasteiger partial charge < -0.3 is 10.0 Å². The van der Waals surface area contributed by atoms with E-state index in [-0.39, 0.29) is 24.0 Å². The van der Waals surface area contributed by atoms with Crippen LogP contribution in [0.4, 0.5) is 5.69 Å². The summed E-state index contributed by atoms with van der Waals surface area (Å²) in [6.45, 7) is 10.4. The van der Waals surface area contributed by atoms with E-state index in [2.05, 4.69) is 19.9 Å². The Bertz CT molecular complexity index is 585. The van der Waals surface area contributed by atoms with Crippen LogP contribution >= 0.6 is 0 Å². The van der Waals surface area contributed by atoms with Gasteiger partial charge in [0.25, 0.3) is 0 Å². The van der Waals surface area contributed by atoms with E-state index in [1.807, 2.05) is 43.9 Å². The van der Waals surface area contributed by atoms with Gasteiger partial charge in [0.2, 0.25) is 5.91 Å². The van der Waals surface area contributed by atoms with Gasteiger partial charge in [-0.25, -0.2) is 0 Å². The van der Waals surface area contributed by atoms with Gasteiger partial charge in [0.05, 0.1) is 6.61 Å². The van der Waals surface area contributed by atoms with Gasteiger partial charge in [-0.3, -0.25) is 4.79 Å². The van der Waals surface area contributed by atoms with E-state index in [1.54, 1.807) is 0 Å². The first-order chi connectivity index (χ1) is 9.77. The Labute approximate surface area is 127 Å². The SMILES string of the molecule is CC(=CCO)c1ccc2c(c1)C(C)(C)CC(=O)N2C(C)C. The summed E-state index contributed by atoms with van der Waals surface area (Å²) in [5.74, 6) is 0.192. The fourth-order valence-electron chi connectivity index (χ4n) is 3.05. The predicted octanol–water partition coefficient (Wildman–Crippen LogP) is 3.50. The first kappa shape index (κ1) is 15.8. The number of hydrogen-bond acceptors (Lipinski definition) is 2. The van der Waals surface area contributed by atoms with Crippen molar-refractivity contribution in [3.05, 3.63) is 35.4 Å². The Kier molecular flexibility index (Phi) is 4.24. The smallest absolute Gasteiger partial charge is 0.228 e. The van der Waals surface area contributed by atoms with Crippen LogP contribution < -0.4 is 4.90 Å². The minimum atomic E-state index is -0.159. The van der Waals surface area contributed by atoms with Crippen LogP contribution in [0, 0.1) is 0 Å². The lowest BCUT2D eigenvalue weighted by Crippen LogP contribution is -2.45. The number of rotatable bonds is 3. The number of carbonyl (C=O) groups excluding carboxylic acids is 1. The van der Waals surface area contributed by atoms with Crippen molar-refractivity contribution in [1.29, 1.82) is 0 Å². The number of benzene rings is 1. The van der Waals surface area contributed by atoms with E-state index in [4.69, 9.17) is 5.11 Å². The molecule has 21 heavy (non-hydrogen) atoms. The molecule has 1 aliphatic rings. The minimum Gasteiger partial charge on any atom is -0.392 e. The van der Waals surface area contributed by atoms with Crippen molar-refractivity contribution in [2.75, 3.05) is 11.5 Å². The quantitative estimate of drug-likeness (QED) is 0.924. The Morgan fingerprint density at radius 2 is 2.10 bits per heavy atom. The lowest BCUT2D eigenvalue weighted by molar-refractivity contribution is -0.120. The highest BCUT2D eigenvalue weighted by molar-refractivity contribution is 5.98. The second-order valence-corrected chi connectivity index (χ2v) is 6.72. The summed E-state index contributed by atoms with van der Waals surface area (Å²) in [5, 5.41) is 9.06. The number of aliphatic hydroxyl groups is 1. The monoisotopic (exact) mass is 287 g/mol. The van der Waals surface area contributed by atoms with Crippen LogP contribution in [0.15, 0.2) is 24.3 Å². The van der Waals surface area contributed by atoms with Crippen LogP contribution in [0.3, 0.4) is 0 Å². The Morgan fingerprint density at radius 3 is 2.67 bits per heavy atom. The van der Waals surface area contributed by atoms with Crippen LogP contribution in [0.5, 0.6) is 0 Å². The number of hydrogen-bond donors (Lipinski definition) is 1. The van der Waals surface area contributed by atoms with Gasteiger partial charge in [0.1, 0.15) is 0 Å². The fraction of sp³-hybridized carbons (Fsp3) is 0.500. The highest BCUT2D eigenvalue weighted by Gasteiger charge is 2.37. The average molecular weight is 287 g/mol. The summed E-state index contributed by atoms with van der Waals surface area (Å²) in [7, 11) is 0.